The molecule has 0 N–H and O–H groups in total. The van der Waals surface area contributed by atoms with E-state index in [1.165, 1.54) is 109 Å². The highest BCUT2D eigenvalue weighted by Gasteiger charge is 2.19. The molecule has 0 aromatic heterocycles. The lowest BCUT2D eigenvalue weighted by Gasteiger charge is -2.18. The maximum Gasteiger partial charge on any atom is 0.306 e. The molecule has 0 heterocycles. The average Bonchev–Trinajstić information content (AvgIpc) is 3.34. The van der Waals surface area contributed by atoms with Crippen LogP contribution in [0.4, 0.5) is 0 Å². The molecule has 68 heavy (non-hydrogen) atoms. The molecule has 6 heteroatoms. The predicted octanol–water partition coefficient (Wildman–Crippen LogP) is 18.9. The summed E-state index contributed by atoms with van der Waals surface area (Å²) in [5.74, 6) is -0.936. The zero-order valence-corrected chi connectivity index (χ0v) is 44.3. The highest BCUT2D eigenvalue weighted by Crippen LogP contribution is 2.16. The summed E-state index contributed by atoms with van der Waals surface area (Å²) in [5.41, 5.74) is 0. The van der Waals surface area contributed by atoms with E-state index in [2.05, 4.69) is 93.7 Å². The molecule has 1 atom stereocenters. The van der Waals surface area contributed by atoms with Gasteiger partial charge < -0.3 is 14.2 Å². The minimum Gasteiger partial charge on any atom is -0.462 e. The number of carbonyl (C=O) groups excluding carboxylic acids is 3. The molecule has 0 saturated carbocycles. The fourth-order valence-electron chi connectivity index (χ4n) is 7.77. The Balaban J connectivity index is 4.43. The first-order valence-electron chi connectivity index (χ1n) is 28.3. The second kappa shape index (κ2) is 55.9. The number of carbonyl (C=O) groups is 3. The summed E-state index contributed by atoms with van der Waals surface area (Å²) in [6, 6.07) is 0. The van der Waals surface area contributed by atoms with Crippen LogP contribution >= 0.6 is 0 Å². The van der Waals surface area contributed by atoms with E-state index < -0.39 is 6.10 Å². The quantitative estimate of drug-likeness (QED) is 0.0262. The van der Waals surface area contributed by atoms with E-state index in [4.69, 9.17) is 14.2 Å². The molecule has 0 amide bonds. The van der Waals surface area contributed by atoms with Crippen molar-refractivity contribution < 1.29 is 28.6 Å². The van der Waals surface area contributed by atoms with E-state index in [0.717, 1.165) is 109 Å². The molecule has 0 aliphatic carbocycles. The summed E-state index contributed by atoms with van der Waals surface area (Å²) in [7, 11) is 0. The van der Waals surface area contributed by atoms with E-state index in [9.17, 15) is 14.4 Å². The Morgan fingerprint density at radius 2 is 0.603 bits per heavy atom. The molecule has 0 bridgehead atoms. The maximum atomic E-state index is 12.8. The molecule has 0 aliphatic heterocycles. The third-order valence-electron chi connectivity index (χ3n) is 12.0. The molecule has 388 valence electrons. The normalized spacial score (nSPS) is 12.8. The van der Waals surface area contributed by atoms with Crippen molar-refractivity contribution in [2.75, 3.05) is 13.2 Å². The van der Waals surface area contributed by atoms with Gasteiger partial charge in [0.05, 0.1) is 0 Å². The van der Waals surface area contributed by atoms with Gasteiger partial charge in [-0.3, -0.25) is 14.4 Å². The van der Waals surface area contributed by atoms with Crippen molar-refractivity contribution in [1.82, 2.24) is 0 Å². The molecule has 0 saturated heterocycles. The minimum atomic E-state index is -0.799. The van der Waals surface area contributed by atoms with E-state index in [1.807, 2.05) is 24.3 Å². The Labute approximate surface area is 419 Å². The lowest BCUT2D eigenvalue weighted by molar-refractivity contribution is -0.167. The second-order valence-corrected chi connectivity index (χ2v) is 18.7. The molecule has 0 rings (SSSR count). The van der Waals surface area contributed by atoms with Gasteiger partial charge in [-0.15, -0.1) is 0 Å². The fourth-order valence-corrected chi connectivity index (χ4v) is 7.77. The van der Waals surface area contributed by atoms with Gasteiger partial charge in [0.1, 0.15) is 13.2 Å². The number of ether oxygens (including phenoxy) is 3. The highest BCUT2D eigenvalue weighted by molar-refractivity contribution is 5.71. The number of allylic oxidation sites excluding steroid dienone is 16. The summed E-state index contributed by atoms with van der Waals surface area (Å²) in [6.07, 6.45) is 73.9. The van der Waals surface area contributed by atoms with Gasteiger partial charge in [-0.2, -0.15) is 0 Å². The largest absolute Gasteiger partial charge is 0.462 e. The Bertz CT molecular complexity index is 1360. The molecule has 0 aromatic rings. The van der Waals surface area contributed by atoms with E-state index in [0.29, 0.717) is 19.3 Å². The van der Waals surface area contributed by atoms with Crippen molar-refractivity contribution in [1.29, 1.82) is 0 Å². The van der Waals surface area contributed by atoms with Gasteiger partial charge in [0.25, 0.3) is 0 Å². The van der Waals surface area contributed by atoms with Gasteiger partial charge in [0, 0.05) is 19.3 Å². The lowest BCUT2D eigenvalue weighted by Crippen LogP contribution is -2.30. The first kappa shape index (κ1) is 64.3. The summed E-state index contributed by atoms with van der Waals surface area (Å²) in [6.45, 7) is 6.39. The van der Waals surface area contributed by atoms with Crippen LogP contribution in [0.5, 0.6) is 0 Å². The summed E-state index contributed by atoms with van der Waals surface area (Å²) in [5, 5.41) is 0. The molecule has 0 radical (unpaired) electrons. The SMILES string of the molecule is CC\C=C/C=C\C=C/CCCCCCCC(=O)OCC(COC(=O)CCCCCCCCCCCCCCCCCCCCC)OC(=O)CCCCCCC\C=C/C=C\C=C/C=C\C=C/CCC. The predicted molar refractivity (Wildman–Crippen MR) is 293 cm³/mol. The third-order valence-corrected chi connectivity index (χ3v) is 12.0. The smallest absolute Gasteiger partial charge is 0.306 e. The van der Waals surface area contributed by atoms with Crippen molar-refractivity contribution in [3.63, 3.8) is 0 Å². The minimum absolute atomic E-state index is 0.0938. The van der Waals surface area contributed by atoms with Gasteiger partial charge in [0.15, 0.2) is 6.10 Å². The first-order valence-corrected chi connectivity index (χ1v) is 28.3. The Morgan fingerprint density at radius 3 is 0.956 bits per heavy atom. The monoisotopic (exact) mass is 945 g/mol. The van der Waals surface area contributed by atoms with Crippen LogP contribution in [0.25, 0.3) is 0 Å². The average molecular weight is 946 g/mol. The maximum absolute atomic E-state index is 12.8. The van der Waals surface area contributed by atoms with E-state index >= 15 is 0 Å². The molecular formula is C62H104O6. The third kappa shape index (κ3) is 53.3. The molecule has 0 aliphatic rings. The van der Waals surface area contributed by atoms with Gasteiger partial charge in [-0.05, 0) is 57.8 Å². The summed E-state index contributed by atoms with van der Waals surface area (Å²) >= 11 is 0. The van der Waals surface area contributed by atoms with Gasteiger partial charge in [-0.1, -0.05) is 279 Å². The number of unbranched alkanes of at least 4 members (excludes halogenated alkanes) is 29. The van der Waals surface area contributed by atoms with Crippen molar-refractivity contribution >= 4 is 17.9 Å². The fraction of sp³-hybridized carbons (Fsp3) is 0.694. The van der Waals surface area contributed by atoms with Gasteiger partial charge in [0.2, 0.25) is 0 Å². The van der Waals surface area contributed by atoms with Crippen LogP contribution in [-0.2, 0) is 28.6 Å². The Morgan fingerprint density at radius 1 is 0.309 bits per heavy atom. The molecule has 1 unspecified atom stereocenters. The summed E-state index contributed by atoms with van der Waals surface area (Å²) in [4.78, 5) is 38.1. The van der Waals surface area contributed by atoms with Gasteiger partial charge >= 0.3 is 17.9 Å². The Hall–Kier alpha value is -3.67. The number of esters is 3. The number of hydrogen-bond acceptors (Lipinski definition) is 6. The molecule has 0 fully saturated rings. The standard InChI is InChI=1S/C62H104O6/c1-4-7-10-13-16-19-22-25-27-29-31-33-34-37-40-43-46-49-52-55-61(64)67-58-59(57-66-60(63)54-51-48-45-42-39-36-24-21-18-15-12-9-6-3)68-62(65)56-53-50-47-44-41-38-35-32-30-28-26-23-20-17-14-11-8-5-2/h9,11-12,14-15,17-18,20-21,23-24,26,28,30,32,35,59H,4-8,10,13,16,19,22,25,27,29,31,33-34,36-58H2,1-3H3/b12-9-,14-11-,18-15-,20-17-,24-21-,26-23-,30-28-,35-32-. The van der Waals surface area contributed by atoms with E-state index in [1.54, 1.807) is 0 Å². The van der Waals surface area contributed by atoms with Crippen LogP contribution in [0.2, 0.25) is 0 Å². The van der Waals surface area contributed by atoms with Crippen molar-refractivity contribution in [3.8, 4) is 0 Å². The number of rotatable bonds is 50. The van der Waals surface area contributed by atoms with Gasteiger partial charge in [-0.25, -0.2) is 0 Å². The van der Waals surface area contributed by atoms with Crippen molar-refractivity contribution in [3.05, 3.63) is 97.2 Å². The highest BCUT2D eigenvalue weighted by atomic mass is 16.6. The topological polar surface area (TPSA) is 78.9 Å². The molecule has 0 aromatic carbocycles. The van der Waals surface area contributed by atoms with Crippen LogP contribution in [0, 0.1) is 0 Å². The second-order valence-electron chi connectivity index (χ2n) is 18.7. The van der Waals surface area contributed by atoms with Crippen LogP contribution in [0.3, 0.4) is 0 Å². The summed E-state index contributed by atoms with van der Waals surface area (Å²) < 4.78 is 16.8. The lowest BCUT2D eigenvalue weighted by atomic mass is 10.0. The van der Waals surface area contributed by atoms with Crippen LogP contribution in [0.1, 0.15) is 258 Å². The zero-order valence-electron chi connectivity index (χ0n) is 44.3. The van der Waals surface area contributed by atoms with Crippen molar-refractivity contribution in [2.45, 2.75) is 264 Å². The zero-order chi connectivity index (χ0) is 49.3. The van der Waals surface area contributed by atoms with E-state index in [-0.39, 0.29) is 31.1 Å². The van der Waals surface area contributed by atoms with Crippen LogP contribution in [0.15, 0.2) is 97.2 Å². The first-order chi connectivity index (χ1) is 33.5. The van der Waals surface area contributed by atoms with Crippen molar-refractivity contribution in [2.24, 2.45) is 0 Å². The molecule has 6 nitrogen and oxygen atoms in total. The van der Waals surface area contributed by atoms with Crippen LogP contribution in [-0.4, -0.2) is 37.2 Å². The Kier molecular flexibility index (Phi) is 52.9. The molecule has 0 spiro atoms. The number of hydrogen-bond donors (Lipinski definition) is 0. The molecular weight excluding hydrogens is 841 g/mol. The van der Waals surface area contributed by atoms with Crippen LogP contribution < -0.4 is 0 Å².